The van der Waals surface area contributed by atoms with Crippen LogP contribution < -0.4 is 18.9 Å². The average molecular weight is 416 g/mol. The molecule has 0 aliphatic heterocycles. The monoisotopic (exact) mass is 416 g/mol. The summed E-state index contributed by atoms with van der Waals surface area (Å²) in [5, 5.41) is 0.941. The summed E-state index contributed by atoms with van der Waals surface area (Å²) >= 11 is 0. The van der Waals surface area contributed by atoms with Crippen LogP contribution in [0.15, 0.2) is 60.9 Å². The Hall–Kier alpha value is -3.80. The summed E-state index contributed by atoms with van der Waals surface area (Å²) in [6.07, 6.45) is 2.25. The molecule has 6 nitrogen and oxygen atoms in total. The molecule has 6 heteroatoms. The lowest BCUT2D eigenvalue weighted by atomic mass is 9.99. The van der Waals surface area contributed by atoms with Crippen molar-refractivity contribution in [3.8, 4) is 34.1 Å². The standard InChI is InChI=1S/C25H24N2O4/c1-28-22-9-8-18(12-23(22)29-2)17-7-5-6-16(10-17)11-20-19-13-24(30-3)25(31-4)14-21(19)27-15-26-20/h5-10,12-15H,11H2,1-4H3. The van der Waals surface area contributed by atoms with Gasteiger partial charge in [0.2, 0.25) is 0 Å². The van der Waals surface area contributed by atoms with Crippen molar-refractivity contribution in [1.29, 1.82) is 0 Å². The van der Waals surface area contributed by atoms with Crippen molar-refractivity contribution >= 4 is 10.9 Å². The minimum atomic E-state index is 0.648. The van der Waals surface area contributed by atoms with E-state index in [0.29, 0.717) is 29.4 Å². The Balaban J connectivity index is 1.71. The van der Waals surface area contributed by atoms with E-state index in [0.717, 1.165) is 33.3 Å². The molecule has 0 amide bonds. The molecular weight excluding hydrogens is 392 g/mol. The second-order valence-electron chi connectivity index (χ2n) is 6.99. The molecule has 0 saturated heterocycles. The average Bonchev–Trinajstić information content (AvgIpc) is 2.83. The SMILES string of the molecule is COc1ccc(-c2cccc(Cc3ncnc4cc(OC)c(OC)cc34)c2)cc1OC. The molecule has 0 radical (unpaired) electrons. The number of hydrogen-bond donors (Lipinski definition) is 0. The van der Waals surface area contributed by atoms with E-state index in [9.17, 15) is 0 Å². The van der Waals surface area contributed by atoms with Gasteiger partial charge < -0.3 is 18.9 Å². The molecule has 31 heavy (non-hydrogen) atoms. The molecule has 3 aromatic carbocycles. The number of benzene rings is 3. The quantitative estimate of drug-likeness (QED) is 0.426. The lowest BCUT2D eigenvalue weighted by molar-refractivity contribution is 0.355. The van der Waals surface area contributed by atoms with E-state index >= 15 is 0 Å². The van der Waals surface area contributed by atoms with E-state index < -0.39 is 0 Å². The zero-order chi connectivity index (χ0) is 21.8. The number of hydrogen-bond acceptors (Lipinski definition) is 6. The van der Waals surface area contributed by atoms with E-state index in [1.54, 1.807) is 34.8 Å². The maximum atomic E-state index is 5.46. The fourth-order valence-corrected chi connectivity index (χ4v) is 3.65. The zero-order valence-electron chi connectivity index (χ0n) is 18.0. The highest BCUT2D eigenvalue weighted by Gasteiger charge is 2.12. The van der Waals surface area contributed by atoms with Crippen LogP contribution in [0, 0.1) is 0 Å². The Kier molecular flexibility index (Phi) is 5.89. The number of ether oxygens (including phenoxy) is 4. The second-order valence-corrected chi connectivity index (χ2v) is 6.99. The van der Waals surface area contributed by atoms with Crippen LogP contribution in [0.2, 0.25) is 0 Å². The van der Waals surface area contributed by atoms with Crippen LogP contribution in [0.5, 0.6) is 23.0 Å². The summed E-state index contributed by atoms with van der Waals surface area (Å²) in [6.45, 7) is 0. The first-order valence-corrected chi connectivity index (χ1v) is 9.83. The molecule has 0 unspecified atom stereocenters. The minimum absolute atomic E-state index is 0.648. The van der Waals surface area contributed by atoms with Gasteiger partial charge >= 0.3 is 0 Å². The molecular formula is C25H24N2O4. The van der Waals surface area contributed by atoms with E-state index in [4.69, 9.17) is 18.9 Å². The summed E-state index contributed by atoms with van der Waals surface area (Å²) in [4.78, 5) is 8.94. The van der Waals surface area contributed by atoms with Crippen LogP contribution in [0.25, 0.3) is 22.0 Å². The molecule has 0 spiro atoms. The molecule has 0 atom stereocenters. The highest BCUT2D eigenvalue weighted by molar-refractivity contribution is 5.85. The van der Waals surface area contributed by atoms with Crippen molar-refractivity contribution in [1.82, 2.24) is 9.97 Å². The van der Waals surface area contributed by atoms with Gasteiger partial charge in [0.05, 0.1) is 39.6 Å². The predicted octanol–water partition coefficient (Wildman–Crippen LogP) is 4.92. The molecule has 1 heterocycles. The van der Waals surface area contributed by atoms with Crippen molar-refractivity contribution in [2.75, 3.05) is 28.4 Å². The first-order chi connectivity index (χ1) is 15.2. The van der Waals surface area contributed by atoms with Crippen molar-refractivity contribution < 1.29 is 18.9 Å². The maximum Gasteiger partial charge on any atom is 0.162 e. The highest BCUT2D eigenvalue weighted by Crippen LogP contribution is 2.34. The Morgan fingerprint density at radius 3 is 2.06 bits per heavy atom. The van der Waals surface area contributed by atoms with Crippen LogP contribution in [0.4, 0.5) is 0 Å². The van der Waals surface area contributed by atoms with Gasteiger partial charge in [0.15, 0.2) is 23.0 Å². The van der Waals surface area contributed by atoms with Crippen molar-refractivity contribution in [3.05, 3.63) is 72.2 Å². The van der Waals surface area contributed by atoms with Crippen LogP contribution in [-0.2, 0) is 6.42 Å². The molecule has 158 valence electrons. The number of fused-ring (bicyclic) bond motifs is 1. The van der Waals surface area contributed by atoms with Gasteiger partial charge in [-0.1, -0.05) is 30.3 Å². The Morgan fingerprint density at radius 2 is 1.32 bits per heavy atom. The molecule has 0 aliphatic rings. The highest BCUT2D eigenvalue weighted by atomic mass is 16.5. The van der Waals surface area contributed by atoms with Gasteiger partial charge in [0, 0.05) is 17.9 Å². The van der Waals surface area contributed by atoms with Crippen LogP contribution in [0.1, 0.15) is 11.3 Å². The summed E-state index contributed by atoms with van der Waals surface area (Å²) in [6, 6.07) is 18.1. The smallest absolute Gasteiger partial charge is 0.162 e. The normalized spacial score (nSPS) is 10.7. The Labute approximate surface area is 181 Å². The fourth-order valence-electron chi connectivity index (χ4n) is 3.65. The van der Waals surface area contributed by atoms with Gasteiger partial charge in [-0.2, -0.15) is 0 Å². The summed E-state index contributed by atoms with van der Waals surface area (Å²) in [7, 11) is 6.52. The Bertz CT molecular complexity index is 1220. The molecule has 0 bridgehead atoms. The van der Waals surface area contributed by atoms with Crippen LogP contribution in [0.3, 0.4) is 0 Å². The molecule has 4 rings (SSSR count). The summed E-state index contributed by atoms with van der Waals surface area (Å²) in [5.41, 5.74) is 5.03. The summed E-state index contributed by atoms with van der Waals surface area (Å²) in [5.74, 6) is 2.72. The molecule has 0 fully saturated rings. The van der Waals surface area contributed by atoms with Gasteiger partial charge in [-0.15, -0.1) is 0 Å². The topological polar surface area (TPSA) is 62.7 Å². The van der Waals surface area contributed by atoms with Crippen molar-refractivity contribution in [3.63, 3.8) is 0 Å². The summed E-state index contributed by atoms with van der Waals surface area (Å²) < 4.78 is 21.7. The molecule has 4 aromatic rings. The first-order valence-electron chi connectivity index (χ1n) is 9.83. The molecule has 0 saturated carbocycles. The van der Waals surface area contributed by atoms with E-state index in [1.165, 1.54) is 0 Å². The first kappa shape index (κ1) is 20.5. The van der Waals surface area contributed by atoms with Crippen LogP contribution in [-0.4, -0.2) is 38.4 Å². The minimum Gasteiger partial charge on any atom is -0.493 e. The zero-order valence-corrected chi connectivity index (χ0v) is 18.0. The third kappa shape index (κ3) is 4.10. The third-order valence-electron chi connectivity index (χ3n) is 5.24. The predicted molar refractivity (Wildman–Crippen MR) is 120 cm³/mol. The maximum absolute atomic E-state index is 5.46. The van der Waals surface area contributed by atoms with Gasteiger partial charge in [-0.25, -0.2) is 9.97 Å². The number of methoxy groups -OCH3 is 4. The van der Waals surface area contributed by atoms with E-state index in [-0.39, 0.29) is 0 Å². The third-order valence-corrected chi connectivity index (χ3v) is 5.24. The van der Waals surface area contributed by atoms with E-state index in [1.807, 2.05) is 36.4 Å². The van der Waals surface area contributed by atoms with Gasteiger partial charge in [-0.3, -0.25) is 0 Å². The van der Waals surface area contributed by atoms with Gasteiger partial charge in [0.1, 0.15) is 6.33 Å². The molecule has 1 aromatic heterocycles. The van der Waals surface area contributed by atoms with Crippen molar-refractivity contribution in [2.24, 2.45) is 0 Å². The lowest BCUT2D eigenvalue weighted by Gasteiger charge is -2.12. The Morgan fingerprint density at radius 1 is 0.645 bits per heavy atom. The lowest BCUT2D eigenvalue weighted by Crippen LogP contribution is -1.98. The molecule has 0 aliphatic carbocycles. The number of nitrogens with zero attached hydrogens (tertiary/aromatic N) is 2. The van der Waals surface area contributed by atoms with Gasteiger partial charge in [-0.05, 0) is 34.9 Å². The molecule has 0 N–H and O–H groups in total. The fraction of sp³-hybridized carbons (Fsp3) is 0.200. The number of aromatic nitrogens is 2. The largest absolute Gasteiger partial charge is 0.493 e. The van der Waals surface area contributed by atoms with Gasteiger partial charge in [0.25, 0.3) is 0 Å². The van der Waals surface area contributed by atoms with E-state index in [2.05, 4.69) is 28.2 Å². The van der Waals surface area contributed by atoms with Crippen molar-refractivity contribution in [2.45, 2.75) is 6.42 Å². The second kappa shape index (κ2) is 8.92. The number of rotatable bonds is 7. The van der Waals surface area contributed by atoms with Crippen LogP contribution >= 0.6 is 0 Å².